The molecule has 3 rings (SSSR count). The standard InChI is InChI=1S/C21H18N4O2/c1-15-4-2-6-17(12-15)21(27)24-18-7-3-5-16(13-18)8-9-20(26)25-19-10-11-22-14-23-19/h2-14H,1H3,(H,24,27)(H,22,23,25,26)/b9-8+. The molecule has 1 heterocycles. The van der Waals surface area contributed by atoms with Crippen molar-refractivity contribution in [1.82, 2.24) is 9.97 Å². The van der Waals surface area contributed by atoms with Gasteiger partial charge in [0.1, 0.15) is 12.1 Å². The third-order valence-corrected chi connectivity index (χ3v) is 3.69. The number of nitrogens with zero attached hydrogens (tertiary/aromatic N) is 2. The first kappa shape index (κ1) is 18.0. The Labute approximate surface area is 157 Å². The van der Waals surface area contributed by atoms with Crippen LogP contribution in [0, 0.1) is 6.92 Å². The van der Waals surface area contributed by atoms with Gasteiger partial charge in [-0.25, -0.2) is 9.97 Å². The van der Waals surface area contributed by atoms with E-state index in [-0.39, 0.29) is 11.8 Å². The highest BCUT2D eigenvalue weighted by molar-refractivity contribution is 6.04. The van der Waals surface area contributed by atoms with Crippen LogP contribution in [-0.4, -0.2) is 21.8 Å². The Hall–Kier alpha value is -3.80. The highest BCUT2D eigenvalue weighted by Gasteiger charge is 2.06. The molecule has 0 saturated heterocycles. The SMILES string of the molecule is Cc1cccc(C(=O)Nc2cccc(/C=C/C(=O)Nc3ccncn3)c2)c1. The van der Waals surface area contributed by atoms with Gasteiger partial charge in [-0.05, 0) is 48.9 Å². The van der Waals surface area contributed by atoms with Gasteiger partial charge in [0.15, 0.2) is 0 Å². The lowest BCUT2D eigenvalue weighted by Crippen LogP contribution is -2.12. The number of anilines is 2. The number of carbonyl (C=O) groups excluding carboxylic acids is 2. The largest absolute Gasteiger partial charge is 0.322 e. The number of aromatic nitrogens is 2. The molecule has 6 nitrogen and oxygen atoms in total. The van der Waals surface area contributed by atoms with Crippen molar-refractivity contribution >= 4 is 29.4 Å². The Morgan fingerprint density at radius 2 is 1.85 bits per heavy atom. The molecule has 0 saturated carbocycles. The molecule has 1 aromatic heterocycles. The number of hydrogen-bond acceptors (Lipinski definition) is 4. The van der Waals surface area contributed by atoms with E-state index in [2.05, 4.69) is 20.6 Å². The van der Waals surface area contributed by atoms with Gasteiger partial charge in [-0.1, -0.05) is 29.8 Å². The summed E-state index contributed by atoms with van der Waals surface area (Å²) >= 11 is 0. The van der Waals surface area contributed by atoms with E-state index in [0.717, 1.165) is 11.1 Å². The molecule has 0 aliphatic heterocycles. The molecule has 2 aromatic carbocycles. The summed E-state index contributed by atoms with van der Waals surface area (Å²) < 4.78 is 0. The van der Waals surface area contributed by atoms with Crippen LogP contribution in [0.15, 0.2) is 73.2 Å². The maximum Gasteiger partial charge on any atom is 0.255 e. The average molecular weight is 358 g/mol. The van der Waals surface area contributed by atoms with Crippen LogP contribution < -0.4 is 10.6 Å². The first-order valence-corrected chi connectivity index (χ1v) is 8.33. The predicted molar refractivity (Wildman–Crippen MR) is 105 cm³/mol. The van der Waals surface area contributed by atoms with Crippen LogP contribution in [0.4, 0.5) is 11.5 Å². The number of benzene rings is 2. The molecule has 0 fully saturated rings. The van der Waals surface area contributed by atoms with E-state index in [1.807, 2.05) is 37.3 Å². The van der Waals surface area contributed by atoms with Gasteiger partial charge in [0.2, 0.25) is 5.91 Å². The molecular formula is C21H18N4O2. The summed E-state index contributed by atoms with van der Waals surface area (Å²) in [5.74, 6) is -0.0527. The minimum atomic E-state index is -0.303. The first-order chi connectivity index (χ1) is 13.1. The molecule has 0 aliphatic rings. The summed E-state index contributed by atoms with van der Waals surface area (Å²) in [6.07, 6.45) is 5.98. The number of amides is 2. The van der Waals surface area contributed by atoms with Crippen LogP contribution in [0.3, 0.4) is 0 Å². The van der Waals surface area contributed by atoms with Gasteiger partial charge >= 0.3 is 0 Å². The van der Waals surface area contributed by atoms with E-state index in [0.29, 0.717) is 17.1 Å². The van der Waals surface area contributed by atoms with Crippen molar-refractivity contribution in [2.75, 3.05) is 10.6 Å². The molecule has 0 unspecified atom stereocenters. The van der Waals surface area contributed by atoms with Gasteiger partial charge in [0.25, 0.3) is 5.91 Å². The van der Waals surface area contributed by atoms with Crippen LogP contribution >= 0.6 is 0 Å². The van der Waals surface area contributed by atoms with Crippen LogP contribution in [0.1, 0.15) is 21.5 Å². The molecule has 2 amide bonds. The van der Waals surface area contributed by atoms with Crippen molar-refractivity contribution < 1.29 is 9.59 Å². The zero-order valence-corrected chi connectivity index (χ0v) is 14.7. The number of nitrogens with one attached hydrogen (secondary N) is 2. The van der Waals surface area contributed by atoms with Gasteiger partial charge in [-0.2, -0.15) is 0 Å². The van der Waals surface area contributed by atoms with Crippen molar-refractivity contribution in [3.05, 3.63) is 89.9 Å². The topological polar surface area (TPSA) is 84.0 Å². The van der Waals surface area contributed by atoms with Crippen LogP contribution in [0.2, 0.25) is 0 Å². The molecule has 134 valence electrons. The fourth-order valence-corrected chi connectivity index (χ4v) is 2.41. The lowest BCUT2D eigenvalue weighted by molar-refractivity contribution is -0.111. The Bertz CT molecular complexity index is 984. The smallest absolute Gasteiger partial charge is 0.255 e. The Kier molecular flexibility index (Phi) is 5.69. The minimum absolute atomic E-state index is 0.179. The fourth-order valence-electron chi connectivity index (χ4n) is 2.41. The van der Waals surface area contributed by atoms with Crippen molar-refractivity contribution in [3.8, 4) is 0 Å². The zero-order chi connectivity index (χ0) is 19.1. The molecule has 0 atom stereocenters. The summed E-state index contributed by atoms with van der Waals surface area (Å²) in [7, 11) is 0. The maximum absolute atomic E-state index is 12.3. The number of carbonyl (C=O) groups is 2. The maximum atomic E-state index is 12.3. The number of rotatable bonds is 5. The van der Waals surface area contributed by atoms with Crippen molar-refractivity contribution in [1.29, 1.82) is 0 Å². The zero-order valence-electron chi connectivity index (χ0n) is 14.7. The third-order valence-electron chi connectivity index (χ3n) is 3.69. The van der Waals surface area contributed by atoms with Gasteiger partial charge < -0.3 is 10.6 Å². The summed E-state index contributed by atoms with van der Waals surface area (Å²) in [6, 6.07) is 16.2. The lowest BCUT2D eigenvalue weighted by atomic mass is 10.1. The fraction of sp³-hybridized carbons (Fsp3) is 0.0476. The van der Waals surface area contributed by atoms with E-state index in [4.69, 9.17) is 0 Å². The molecule has 2 N–H and O–H groups in total. The summed E-state index contributed by atoms with van der Waals surface area (Å²) in [6.45, 7) is 1.94. The van der Waals surface area contributed by atoms with E-state index < -0.39 is 0 Å². The molecule has 0 spiro atoms. The summed E-state index contributed by atoms with van der Waals surface area (Å²) in [5, 5.41) is 5.50. The Balaban J connectivity index is 1.64. The second-order valence-electron chi connectivity index (χ2n) is 5.87. The van der Waals surface area contributed by atoms with Crippen molar-refractivity contribution in [3.63, 3.8) is 0 Å². The molecule has 27 heavy (non-hydrogen) atoms. The predicted octanol–water partition coefficient (Wildman–Crippen LogP) is 3.69. The third kappa shape index (κ3) is 5.34. The molecule has 0 radical (unpaired) electrons. The molecular weight excluding hydrogens is 340 g/mol. The summed E-state index contributed by atoms with van der Waals surface area (Å²) in [4.78, 5) is 32.0. The van der Waals surface area contributed by atoms with E-state index in [1.54, 1.807) is 36.5 Å². The Morgan fingerprint density at radius 3 is 2.63 bits per heavy atom. The van der Waals surface area contributed by atoms with Crippen LogP contribution in [0.5, 0.6) is 0 Å². The molecule has 6 heteroatoms. The average Bonchev–Trinajstić information content (AvgIpc) is 2.67. The lowest BCUT2D eigenvalue weighted by Gasteiger charge is -2.07. The van der Waals surface area contributed by atoms with E-state index in [1.165, 1.54) is 12.4 Å². The van der Waals surface area contributed by atoms with Crippen molar-refractivity contribution in [2.45, 2.75) is 6.92 Å². The van der Waals surface area contributed by atoms with Gasteiger partial charge in [0.05, 0.1) is 0 Å². The molecule has 0 aliphatic carbocycles. The van der Waals surface area contributed by atoms with Crippen molar-refractivity contribution in [2.24, 2.45) is 0 Å². The van der Waals surface area contributed by atoms with Crippen LogP contribution in [0.25, 0.3) is 6.08 Å². The second-order valence-corrected chi connectivity index (χ2v) is 5.87. The highest BCUT2D eigenvalue weighted by atomic mass is 16.2. The number of hydrogen-bond donors (Lipinski definition) is 2. The van der Waals surface area contributed by atoms with E-state index in [9.17, 15) is 9.59 Å². The Morgan fingerprint density at radius 1 is 1.00 bits per heavy atom. The quantitative estimate of drug-likeness (QED) is 0.681. The van der Waals surface area contributed by atoms with Gasteiger partial charge in [0, 0.05) is 23.5 Å². The normalized spacial score (nSPS) is 10.6. The monoisotopic (exact) mass is 358 g/mol. The highest BCUT2D eigenvalue weighted by Crippen LogP contribution is 2.14. The van der Waals surface area contributed by atoms with Gasteiger partial charge in [-0.15, -0.1) is 0 Å². The second kappa shape index (κ2) is 8.53. The number of aryl methyl sites for hydroxylation is 1. The van der Waals surface area contributed by atoms with Gasteiger partial charge in [-0.3, -0.25) is 9.59 Å². The summed E-state index contributed by atoms with van der Waals surface area (Å²) in [5.41, 5.74) is 3.06. The molecule has 3 aromatic rings. The van der Waals surface area contributed by atoms with E-state index >= 15 is 0 Å². The molecule has 0 bridgehead atoms. The van der Waals surface area contributed by atoms with Crippen LogP contribution in [-0.2, 0) is 4.79 Å². The first-order valence-electron chi connectivity index (χ1n) is 8.33. The minimum Gasteiger partial charge on any atom is -0.322 e.